The lowest BCUT2D eigenvalue weighted by Gasteiger charge is -2.15. The van der Waals surface area contributed by atoms with Crippen LogP contribution in [0.5, 0.6) is 5.75 Å². The summed E-state index contributed by atoms with van der Waals surface area (Å²) < 4.78 is 7.35. The Morgan fingerprint density at radius 3 is 2.59 bits per heavy atom. The number of para-hydroxylation sites is 2. The van der Waals surface area contributed by atoms with Crippen molar-refractivity contribution in [2.24, 2.45) is 0 Å². The molecular weight excluding hydrogens is 370 g/mol. The molecule has 0 aliphatic rings. The zero-order valence-corrected chi connectivity index (χ0v) is 16.2. The molecule has 8 heteroatoms. The van der Waals surface area contributed by atoms with Gasteiger partial charge in [0.1, 0.15) is 18.1 Å². The number of hydrazine groups is 1. The minimum absolute atomic E-state index is 0.0365. The van der Waals surface area contributed by atoms with Gasteiger partial charge in [0, 0.05) is 6.42 Å². The van der Waals surface area contributed by atoms with Crippen molar-refractivity contribution in [3.8, 4) is 11.8 Å². The molecule has 0 saturated heterocycles. The van der Waals surface area contributed by atoms with Gasteiger partial charge < -0.3 is 9.30 Å². The quantitative estimate of drug-likeness (QED) is 0.626. The number of benzene rings is 2. The Morgan fingerprint density at radius 2 is 1.90 bits per heavy atom. The van der Waals surface area contributed by atoms with Crippen molar-refractivity contribution in [1.29, 1.82) is 5.26 Å². The Labute approximate surface area is 168 Å². The minimum atomic E-state index is -0.830. The predicted molar refractivity (Wildman–Crippen MR) is 107 cm³/mol. The first-order valence-corrected chi connectivity index (χ1v) is 9.21. The molecule has 0 aliphatic carbocycles. The zero-order valence-electron chi connectivity index (χ0n) is 16.2. The average molecular weight is 391 g/mol. The van der Waals surface area contributed by atoms with Gasteiger partial charge in [-0.1, -0.05) is 19.1 Å². The zero-order chi connectivity index (χ0) is 20.8. The number of nitriles is 1. The Bertz CT molecular complexity index is 1070. The summed E-state index contributed by atoms with van der Waals surface area (Å²) in [5.41, 5.74) is 6.97. The van der Waals surface area contributed by atoms with Gasteiger partial charge in [-0.3, -0.25) is 20.4 Å². The summed E-state index contributed by atoms with van der Waals surface area (Å²) in [7, 11) is 0. The smallest absolute Gasteiger partial charge is 0.279 e. The molecule has 1 atom stereocenters. The maximum Gasteiger partial charge on any atom is 0.279 e. The van der Waals surface area contributed by atoms with Crippen LogP contribution in [-0.2, 0) is 22.6 Å². The highest BCUT2D eigenvalue weighted by molar-refractivity contribution is 5.85. The van der Waals surface area contributed by atoms with Crippen molar-refractivity contribution in [2.45, 2.75) is 32.9 Å². The second-order valence-corrected chi connectivity index (χ2v) is 6.39. The molecule has 0 aliphatic heterocycles. The van der Waals surface area contributed by atoms with Crippen LogP contribution in [0.1, 0.15) is 25.2 Å². The van der Waals surface area contributed by atoms with E-state index in [4.69, 9.17) is 10.00 Å². The van der Waals surface area contributed by atoms with E-state index in [1.54, 1.807) is 31.2 Å². The molecule has 1 heterocycles. The van der Waals surface area contributed by atoms with Gasteiger partial charge in [-0.15, -0.1) is 0 Å². The molecular formula is C21H21N5O3. The van der Waals surface area contributed by atoms with E-state index in [-0.39, 0.29) is 12.5 Å². The van der Waals surface area contributed by atoms with E-state index in [1.807, 2.05) is 41.8 Å². The number of nitrogens with one attached hydrogen (secondary N) is 2. The van der Waals surface area contributed by atoms with Crippen LogP contribution in [0.3, 0.4) is 0 Å². The molecule has 8 nitrogen and oxygen atoms in total. The van der Waals surface area contributed by atoms with Gasteiger partial charge in [0.05, 0.1) is 22.7 Å². The largest absolute Gasteiger partial charge is 0.481 e. The van der Waals surface area contributed by atoms with Gasteiger partial charge in [-0.05, 0) is 43.3 Å². The van der Waals surface area contributed by atoms with Crippen LogP contribution < -0.4 is 15.6 Å². The van der Waals surface area contributed by atoms with Gasteiger partial charge in [-0.2, -0.15) is 5.26 Å². The van der Waals surface area contributed by atoms with E-state index in [2.05, 4.69) is 15.8 Å². The molecule has 2 N–H and O–H groups in total. The van der Waals surface area contributed by atoms with Crippen molar-refractivity contribution in [3.63, 3.8) is 0 Å². The normalized spacial score (nSPS) is 11.5. The molecule has 29 heavy (non-hydrogen) atoms. The van der Waals surface area contributed by atoms with E-state index >= 15 is 0 Å². The second-order valence-electron chi connectivity index (χ2n) is 6.39. The average Bonchev–Trinajstić information content (AvgIpc) is 3.10. The van der Waals surface area contributed by atoms with Crippen LogP contribution in [0.25, 0.3) is 11.0 Å². The van der Waals surface area contributed by atoms with Crippen LogP contribution in [0.2, 0.25) is 0 Å². The van der Waals surface area contributed by atoms with Crippen molar-refractivity contribution in [3.05, 3.63) is 59.9 Å². The monoisotopic (exact) mass is 391 g/mol. The summed E-state index contributed by atoms with van der Waals surface area (Å²) in [4.78, 5) is 29.0. The SMILES string of the molecule is CCc1nc2ccccc2n1CC(=O)NNC(=O)[C@@H](C)Oc1ccc(C#N)cc1. The number of fused-ring (bicyclic) bond motifs is 1. The molecule has 1 aromatic heterocycles. The number of carbonyl (C=O) groups excluding carboxylic acids is 2. The molecule has 148 valence electrons. The molecule has 0 bridgehead atoms. The number of aryl methyl sites for hydroxylation is 1. The first-order chi connectivity index (χ1) is 14.0. The van der Waals surface area contributed by atoms with Crippen LogP contribution >= 0.6 is 0 Å². The third-order valence-corrected chi connectivity index (χ3v) is 4.34. The first kappa shape index (κ1) is 19.9. The highest BCUT2D eigenvalue weighted by Crippen LogP contribution is 2.16. The Morgan fingerprint density at radius 1 is 1.17 bits per heavy atom. The van der Waals surface area contributed by atoms with Gasteiger partial charge in [0.15, 0.2) is 6.10 Å². The van der Waals surface area contributed by atoms with Crippen LogP contribution in [0, 0.1) is 11.3 Å². The summed E-state index contributed by atoms with van der Waals surface area (Å²) in [5.74, 6) is 0.385. The van der Waals surface area contributed by atoms with Crippen molar-refractivity contribution >= 4 is 22.8 Å². The van der Waals surface area contributed by atoms with Crippen molar-refractivity contribution in [1.82, 2.24) is 20.4 Å². The molecule has 0 fully saturated rings. The molecule has 2 amide bonds. The summed E-state index contributed by atoms with van der Waals surface area (Å²) in [5, 5.41) is 8.80. The van der Waals surface area contributed by atoms with Gasteiger partial charge in [0.2, 0.25) is 0 Å². The molecule has 0 spiro atoms. The lowest BCUT2D eigenvalue weighted by molar-refractivity contribution is -0.132. The number of aromatic nitrogens is 2. The maximum atomic E-state index is 12.3. The third-order valence-electron chi connectivity index (χ3n) is 4.34. The molecule has 2 aromatic carbocycles. The Balaban J connectivity index is 1.56. The molecule has 3 aromatic rings. The third kappa shape index (κ3) is 4.71. The van der Waals surface area contributed by atoms with Crippen LogP contribution in [0.15, 0.2) is 48.5 Å². The summed E-state index contributed by atoms with van der Waals surface area (Å²) in [6, 6.07) is 16.0. The number of nitrogens with zero attached hydrogens (tertiary/aromatic N) is 3. The molecule has 0 unspecified atom stereocenters. The van der Waals surface area contributed by atoms with Gasteiger partial charge in [0.25, 0.3) is 11.8 Å². The molecule has 0 saturated carbocycles. The number of carbonyl (C=O) groups is 2. The maximum absolute atomic E-state index is 12.3. The van der Waals surface area contributed by atoms with E-state index < -0.39 is 12.0 Å². The van der Waals surface area contributed by atoms with E-state index in [0.29, 0.717) is 17.7 Å². The number of hydrogen-bond donors (Lipinski definition) is 2. The fraction of sp³-hybridized carbons (Fsp3) is 0.238. The number of ether oxygens (including phenoxy) is 1. The standard InChI is InChI=1S/C21H21N5O3/c1-3-19-23-17-6-4-5-7-18(17)26(19)13-20(27)24-25-21(28)14(2)29-16-10-8-15(12-22)9-11-16/h4-11,14H,3,13H2,1-2H3,(H,24,27)(H,25,28)/t14-/m1/s1. The highest BCUT2D eigenvalue weighted by Gasteiger charge is 2.17. The van der Waals surface area contributed by atoms with Crippen molar-refractivity contribution < 1.29 is 14.3 Å². The van der Waals surface area contributed by atoms with Gasteiger partial charge in [-0.25, -0.2) is 4.98 Å². The van der Waals surface area contributed by atoms with Crippen molar-refractivity contribution in [2.75, 3.05) is 0 Å². The topological polar surface area (TPSA) is 109 Å². The lowest BCUT2D eigenvalue weighted by Crippen LogP contribution is -2.48. The lowest BCUT2D eigenvalue weighted by atomic mass is 10.2. The highest BCUT2D eigenvalue weighted by atomic mass is 16.5. The van der Waals surface area contributed by atoms with E-state index in [0.717, 1.165) is 16.9 Å². The number of amides is 2. The Kier molecular flexibility index (Phi) is 6.09. The number of hydrogen-bond acceptors (Lipinski definition) is 5. The number of imidazole rings is 1. The minimum Gasteiger partial charge on any atom is -0.481 e. The van der Waals surface area contributed by atoms with Crippen LogP contribution in [-0.4, -0.2) is 27.5 Å². The first-order valence-electron chi connectivity index (χ1n) is 9.21. The summed E-state index contributed by atoms with van der Waals surface area (Å²) >= 11 is 0. The number of rotatable bonds is 6. The van der Waals surface area contributed by atoms with Gasteiger partial charge >= 0.3 is 0 Å². The fourth-order valence-corrected chi connectivity index (χ4v) is 2.85. The fourth-order valence-electron chi connectivity index (χ4n) is 2.85. The molecule has 0 radical (unpaired) electrons. The second kappa shape index (κ2) is 8.89. The summed E-state index contributed by atoms with van der Waals surface area (Å²) in [6.45, 7) is 3.58. The van der Waals surface area contributed by atoms with E-state index in [1.165, 1.54) is 0 Å². The predicted octanol–water partition coefficient (Wildman–Crippen LogP) is 2.09. The summed E-state index contributed by atoms with van der Waals surface area (Å²) in [6.07, 6.45) is -0.146. The van der Waals surface area contributed by atoms with Crippen LogP contribution in [0.4, 0.5) is 0 Å². The Hall–Kier alpha value is -3.86. The molecule has 3 rings (SSSR count). The van der Waals surface area contributed by atoms with E-state index in [9.17, 15) is 9.59 Å².